The number of nitrogens with zero attached hydrogens (tertiary/aromatic N) is 1. The molecule has 1 aromatic heterocycles. The number of rotatable bonds is 3. The first-order valence-electron chi connectivity index (χ1n) is 6.83. The van der Waals surface area contributed by atoms with Crippen molar-refractivity contribution in [3.63, 3.8) is 0 Å². The van der Waals surface area contributed by atoms with E-state index >= 15 is 0 Å². The maximum atomic E-state index is 12.2. The number of nitrogens with one attached hydrogen (secondary N) is 1. The summed E-state index contributed by atoms with van der Waals surface area (Å²) in [5.41, 5.74) is 2.52. The summed E-state index contributed by atoms with van der Waals surface area (Å²) in [6, 6.07) is 14.0. The van der Waals surface area contributed by atoms with Crippen molar-refractivity contribution in [3.05, 3.63) is 69.8 Å². The molecule has 1 heterocycles. The van der Waals surface area contributed by atoms with E-state index in [-0.39, 0.29) is 11.6 Å². The van der Waals surface area contributed by atoms with Crippen LogP contribution in [0.4, 0.5) is 5.69 Å². The Labute approximate surface area is 143 Å². The monoisotopic (exact) mass is 346 g/mol. The summed E-state index contributed by atoms with van der Waals surface area (Å²) in [6.45, 7) is 1.89. The minimum atomic E-state index is -0.367. The molecule has 0 aliphatic heterocycles. The molecule has 0 aliphatic carbocycles. The summed E-state index contributed by atoms with van der Waals surface area (Å²) >= 11 is 11.9. The number of hydrogen-bond donors (Lipinski definition) is 1. The first-order chi connectivity index (χ1) is 11.0. The lowest BCUT2D eigenvalue weighted by Gasteiger charge is -2.04. The molecule has 3 aromatic rings. The highest BCUT2D eigenvalue weighted by atomic mass is 35.5. The van der Waals surface area contributed by atoms with Gasteiger partial charge in [-0.1, -0.05) is 34.4 Å². The fourth-order valence-electron chi connectivity index (χ4n) is 2.00. The average Bonchev–Trinajstić information content (AvgIpc) is 3.02. The maximum absolute atomic E-state index is 12.2. The molecule has 6 heteroatoms. The number of halogens is 2. The van der Waals surface area contributed by atoms with Gasteiger partial charge in [-0.3, -0.25) is 4.79 Å². The standard InChI is InChI=1S/C17H12Cl2N2O2/c1-10-2-7-13(8-14(10)19)20-17(22)15-9-16(23-21-15)11-3-5-12(18)6-4-11/h2-9H,1H3,(H,20,22). The minimum Gasteiger partial charge on any atom is -0.355 e. The van der Waals surface area contributed by atoms with Gasteiger partial charge in [-0.15, -0.1) is 0 Å². The zero-order valence-corrected chi connectivity index (χ0v) is 13.7. The number of amides is 1. The van der Waals surface area contributed by atoms with Crippen LogP contribution in [0, 0.1) is 6.92 Å². The van der Waals surface area contributed by atoms with Crippen LogP contribution in [0.1, 0.15) is 16.1 Å². The van der Waals surface area contributed by atoms with Gasteiger partial charge < -0.3 is 9.84 Å². The van der Waals surface area contributed by atoms with E-state index in [2.05, 4.69) is 10.5 Å². The average molecular weight is 347 g/mol. The van der Waals surface area contributed by atoms with Gasteiger partial charge in [0.05, 0.1) is 0 Å². The van der Waals surface area contributed by atoms with E-state index < -0.39 is 0 Å². The molecular formula is C17H12Cl2N2O2. The van der Waals surface area contributed by atoms with E-state index in [0.717, 1.165) is 11.1 Å². The molecule has 3 rings (SSSR count). The molecule has 2 aromatic carbocycles. The number of carbonyl (C=O) groups is 1. The van der Waals surface area contributed by atoms with Crippen molar-refractivity contribution in [1.82, 2.24) is 5.16 Å². The third-order valence-corrected chi connectivity index (χ3v) is 3.96. The Morgan fingerprint density at radius 3 is 2.52 bits per heavy atom. The van der Waals surface area contributed by atoms with E-state index in [1.807, 2.05) is 13.0 Å². The zero-order chi connectivity index (χ0) is 16.4. The van der Waals surface area contributed by atoms with Crippen LogP contribution in [0.15, 0.2) is 53.1 Å². The fourth-order valence-corrected chi connectivity index (χ4v) is 2.30. The van der Waals surface area contributed by atoms with Gasteiger partial charge in [0.1, 0.15) is 0 Å². The zero-order valence-electron chi connectivity index (χ0n) is 12.1. The predicted octanol–water partition coefficient (Wildman–Crippen LogP) is 5.21. The van der Waals surface area contributed by atoms with Crippen LogP contribution in [0.25, 0.3) is 11.3 Å². The summed E-state index contributed by atoms with van der Waals surface area (Å²) in [5.74, 6) is 0.127. The summed E-state index contributed by atoms with van der Waals surface area (Å²) < 4.78 is 5.21. The molecule has 4 nitrogen and oxygen atoms in total. The second-order valence-corrected chi connectivity index (χ2v) is 5.85. The fraction of sp³-hybridized carbons (Fsp3) is 0.0588. The third kappa shape index (κ3) is 3.55. The van der Waals surface area contributed by atoms with E-state index in [1.54, 1.807) is 42.5 Å². The molecule has 1 amide bonds. The molecule has 0 spiro atoms. The second-order valence-electron chi connectivity index (χ2n) is 5.00. The highest BCUT2D eigenvalue weighted by Crippen LogP contribution is 2.24. The van der Waals surface area contributed by atoms with Crippen LogP contribution in [-0.4, -0.2) is 11.1 Å². The van der Waals surface area contributed by atoms with Crippen LogP contribution in [0.5, 0.6) is 0 Å². The van der Waals surface area contributed by atoms with E-state index in [9.17, 15) is 4.79 Å². The van der Waals surface area contributed by atoms with Gasteiger partial charge in [0.15, 0.2) is 11.5 Å². The van der Waals surface area contributed by atoms with Crippen LogP contribution >= 0.6 is 23.2 Å². The molecule has 0 fully saturated rings. The van der Waals surface area contributed by atoms with E-state index in [4.69, 9.17) is 27.7 Å². The largest absolute Gasteiger partial charge is 0.355 e. The van der Waals surface area contributed by atoms with Gasteiger partial charge in [-0.2, -0.15) is 0 Å². The van der Waals surface area contributed by atoms with Crippen molar-refractivity contribution in [3.8, 4) is 11.3 Å². The topological polar surface area (TPSA) is 55.1 Å². The van der Waals surface area contributed by atoms with Crippen LogP contribution in [-0.2, 0) is 0 Å². The molecule has 0 aliphatic rings. The number of anilines is 1. The first-order valence-corrected chi connectivity index (χ1v) is 7.59. The number of aryl methyl sites for hydroxylation is 1. The summed E-state index contributed by atoms with van der Waals surface area (Å²) in [7, 11) is 0. The highest BCUT2D eigenvalue weighted by molar-refractivity contribution is 6.31. The van der Waals surface area contributed by atoms with Crippen LogP contribution in [0.3, 0.4) is 0 Å². The Balaban J connectivity index is 1.78. The molecule has 0 unspecified atom stereocenters. The second kappa shape index (κ2) is 6.44. The molecular weight excluding hydrogens is 335 g/mol. The Hall–Kier alpha value is -2.30. The quantitative estimate of drug-likeness (QED) is 0.708. The van der Waals surface area contributed by atoms with Crippen molar-refractivity contribution in [2.24, 2.45) is 0 Å². The summed E-state index contributed by atoms with van der Waals surface area (Å²) in [4.78, 5) is 12.2. The smallest absolute Gasteiger partial charge is 0.277 e. The lowest BCUT2D eigenvalue weighted by atomic mass is 10.1. The van der Waals surface area contributed by atoms with Gasteiger partial charge in [0.25, 0.3) is 5.91 Å². The van der Waals surface area contributed by atoms with Crippen LogP contribution < -0.4 is 5.32 Å². The van der Waals surface area contributed by atoms with E-state index in [0.29, 0.717) is 21.5 Å². The van der Waals surface area contributed by atoms with Crippen molar-refractivity contribution in [2.45, 2.75) is 6.92 Å². The Kier molecular flexibility index (Phi) is 4.37. The summed E-state index contributed by atoms with van der Waals surface area (Å²) in [5, 5.41) is 7.75. The predicted molar refractivity (Wildman–Crippen MR) is 91.1 cm³/mol. The lowest BCUT2D eigenvalue weighted by molar-refractivity contribution is 0.101. The Morgan fingerprint density at radius 2 is 1.83 bits per heavy atom. The SMILES string of the molecule is Cc1ccc(NC(=O)c2cc(-c3ccc(Cl)cc3)on2)cc1Cl. The summed E-state index contributed by atoms with van der Waals surface area (Å²) in [6.07, 6.45) is 0. The molecule has 0 bridgehead atoms. The molecule has 0 atom stereocenters. The number of carbonyl (C=O) groups excluding carboxylic acids is 1. The minimum absolute atomic E-state index is 0.187. The molecule has 0 radical (unpaired) electrons. The normalized spacial score (nSPS) is 10.6. The van der Waals surface area contributed by atoms with Gasteiger partial charge in [-0.05, 0) is 48.9 Å². The molecule has 0 saturated carbocycles. The van der Waals surface area contributed by atoms with Crippen molar-refractivity contribution in [1.29, 1.82) is 0 Å². The molecule has 116 valence electrons. The number of benzene rings is 2. The maximum Gasteiger partial charge on any atom is 0.277 e. The molecule has 23 heavy (non-hydrogen) atoms. The van der Waals surface area contributed by atoms with Crippen molar-refractivity contribution >= 4 is 34.8 Å². The third-order valence-electron chi connectivity index (χ3n) is 3.30. The Bertz CT molecular complexity index is 857. The number of aromatic nitrogens is 1. The van der Waals surface area contributed by atoms with Crippen LogP contribution in [0.2, 0.25) is 10.0 Å². The van der Waals surface area contributed by atoms with Gasteiger partial charge in [-0.25, -0.2) is 0 Å². The number of hydrogen-bond acceptors (Lipinski definition) is 3. The van der Waals surface area contributed by atoms with Gasteiger partial charge in [0, 0.05) is 27.4 Å². The molecule has 1 N–H and O–H groups in total. The van der Waals surface area contributed by atoms with E-state index in [1.165, 1.54) is 0 Å². The highest BCUT2D eigenvalue weighted by Gasteiger charge is 2.14. The van der Waals surface area contributed by atoms with Gasteiger partial charge in [0.2, 0.25) is 0 Å². The Morgan fingerprint density at radius 1 is 1.09 bits per heavy atom. The lowest BCUT2D eigenvalue weighted by Crippen LogP contribution is -2.12. The van der Waals surface area contributed by atoms with Crippen molar-refractivity contribution in [2.75, 3.05) is 5.32 Å². The first kappa shape index (κ1) is 15.6. The molecule has 0 saturated heterocycles. The van der Waals surface area contributed by atoms with Gasteiger partial charge >= 0.3 is 0 Å². The van der Waals surface area contributed by atoms with Crippen molar-refractivity contribution < 1.29 is 9.32 Å².